The second-order valence-electron chi connectivity index (χ2n) is 5.81. The summed E-state index contributed by atoms with van der Waals surface area (Å²) in [5.74, 6) is 1.66. The van der Waals surface area contributed by atoms with Gasteiger partial charge in [0.15, 0.2) is 5.82 Å². The van der Waals surface area contributed by atoms with Crippen LogP contribution in [0.3, 0.4) is 0 Å². The van der Waals surface area contributed by atoms with Crippen molar-refractivity contribution in [2.45, 2.75) is 38.1 Å². The molecule has 0 bridgehead atoms. The Morgan fingerprint density at radius 1 is 1.25 bits per heavy atom. The largest absolute Gasteiger partial charge is 0.313 e. The lowest BCUT2D eigenvalue weighted by Crippen LogP contribution is -2.41. The van der Waals surface area contributed by atoms with Gasteiger partial charge in [-0.1, -0.05) is 29.8 Å². The summed E-state index contributed by atoms with van der Waals surface area (Å²) < 4.78 is 1.76. The van der Waals surface area contributed by atoms with E-state index in [4.69, 9.17) is 0 Å². The number of aromatic nitrogens is 3. The van der Waals surface area contributed by atoms with Crippen molar-refractivity contribution >= 4 is 0 Å². The van der Waals surface area contributed by atoms with Crippen LogP contribution in [0.1, 0.15) is 35.7 Å². The van der Waals surface area contributed by atoms with Gasteiger partial charge in [0.2, 0.25) is 0 Å². The molecule has 0 saturated heterocycles. The molecule has 1 aliphatic carbocycles. The Balaban J connectivity index is 1.39. The van der Waals surface area contributed by atoms with E-state index in [0.717, 1.165) is 24.7 Å². The van der Waals surface area contributed by atoms with E-state index in [1.165, 1.54) is 24.0 Å². The van der Waals surface area contributed by atoms with Crippen LogP contribution in [-0.4, -0.2) is 27.4 Å². The Morgan fingerprint density at radius 3 is 2.65 bits per heavy atom. The zero-order chi connectivity index (χ0) is 13.9. The normalized spacial score (nSPS) is 21.7. The summed E-state index contributed by atoms with van der Waals surface area (Å²) >= 11 is 0. The Bertz CT molecular complexity index is 552. The lowest BCUT2D eigenvalue weighted by Gasteiger charge is -2.36. The summed E-state index contributed by atoms with van der Waals surface area (Å²) in [6.45, 7) is 3.11. The lowest BCUT2D eigenvalue weighted by molar-refractivity contribution is 0.292. The molecule has 0 atom stereocenters. The van der Waals surface area contributed by atoms with Crippen molar-refractivity contribution in [3.05, 3.63) is 47.5 Å². The van der Waals surface area contributed by atoms with Gasteiger partial charge in [0.05, 0.1) is 0 Å². The molecule has 1 N–H and O–H groups in total. The van der Waals surface area contributed by atoms with Gasteiger partial charge in [-0.2, -0.15) is 5.10 Å². The Hall–Kier alpha value is -1.68. The topological polar surface area (TPSA) is 42.7 Å². The van der Waals surface area contributed by atoms with Crippen molar-refractivity contribution in [1.29, 1.82) is 0 Å². The summed E-state index contributed by atoms with van der Waals surface area (Å²) in [4.78, 5) is 4.24. The van der Waals surface area contributed by atoms with Crippen LogP contribution in [-0.2, 0) is 13.5 Å². The average molecular weight is 270 g/mol. The van der Waals surface area contributed by atoms with E-state index in [0.29, 0.717) is 6.04 Å². The predicted molar refractivity (Wildman–Crippen MR) is 79.7 cm³/mol. The first kappa shape index (κ1) is 13.3. The van der Waals surface area contributed by atoms with Crippen LogP contribution in [0.2, 0.25) is 0 Å². The third-order valence-electron chi connectivity index (χ3n) is 4.12. The highest BCUT2D eigenvalue weighted by Crippen LogP contribution is 2.36. The standard InChI is InChI=1S/C16H22N4/c1-12-3-5-13(6-4-12)14-9-15(10-14)17-8-7-16-18-11-20(2)19-16/h3-6,11,14-15,17H,7-10H2,1-2H3. The van der Waals surface area contributed by atoms with Crippen LogP contribution >= 0.6 is 0 Å². The highest BCUT2D eigenvalue weighted by atomic mass is 15.3. The maximum absolute atomic E-state index is 4.29. The molecular weight excluding hydrogens is 248 g/mol. The Kier molecular flexibility index (Phi) is 3.83. The summed E-state index contributed by atoms with van der Waals surface area (Å²) in [5.41, 5.74) is 2.82. The van der Waals surface area contributed by atoms with Gasteiger partial charge in [-0.15, -0.1) is 0 Å². The molecule has 2 aromatic rings. The molecule has 4 heteroatoms. The molecule has 0 unspecified atom stereocenters. The molecule has 0 radical (unpaired) electrons. The molecule has 0 aliphatic heterocycles. The van der Waals surface area contributed by atoms with E-state index in [1.807, 2.05) is 7.05 Å². The number of benzene rings is 1. The van der Waals surface area contributed by atoms with Crippen molar-refractivity contribution in [3.8, 4) is 0 Å². The van der Waals surface area contributed by atoms with Gasteiger partial charge in [-0.25, -0.2) is 4.98 Å². The first-order valence-corrected chi connectivity index (χ1v) is 7.35. The zero-order valence-electron chi connectivity index (χ0n) is 12.2. The predicted octanol–water partition coefficient (Wildman–Crippen LogP) is 2.20. The Labute approximate surface area is 120 Å². The lowest BCUT2D eigenvalue weighted by atomic mass is 9.76. The smallest absolute Gasteiger partial charge is 0.151 e. The van der Waals surface area contributed by atoms with E-state index < -0.39 is 0 Å². The summed E-state index contributed by atoms with van der Waals surface area (Å²) in [6.07, 6.45) is 5.16. The van der Waals surface area contributed by atoms with Crippen molar-refractivity contribution in [2.75, 3.05) is 6.54 Å². The second-order valence-corrected chi connectivity index (χ2v) is 5.81. The van der Waals surface area contributed by atoms with Gasteiger partial charge in [0.1, 0.15) is 6.33 Å². The first-order valence-electron chi connectivity index (χ1n) is 7.35. The minimum absolute atomic E-state index is 0.657. The fraction of sp³-hybridized carbons (Fsp3) is 0.500. The molecule has 1 fully saturated rings. The minimum Gasteiger partial charge on any atom is -0.313 e. The molecule has 1 heterocycles. The molecule has 0 spiro atoms. The minimum atomic E-state index is 0.657. The SMILES string of the molecule is Cc1ccc(C2CC(NCCc3ncn(C)n3)C2)cc1. The molecular formula is C16H22N4. The van der Waals surface area contributed by atoms with E-state index in [2.05, 4.69) is 46.6 Å². The maximum Gasteiger partial charge on any atom is 0.151 e. The molecule has 4 nitrogen and oxygen atoms in total. The summed E-state index contributed by atoms with van der Waals surface area (Å²) in [6, 6.07) is 9.62. The van der Waals surface area contributed by atoms with Crippen molar-refractivity contribution in [2.24, 2.45) is 7.05 Å². The number of aryl methyl sites for hydroxylation is 2. The number of hydrogen-bond acceptors (Lipinski definition) is 3. The molecule has 1 aliphatic rings. The molecule has 1 aromatic heterocycles. The van der Waals surface area contributed by atoms with Gasteiger partial charge in [-0.3, -0.25) is 4.68 Å². The summed E-state index contributed by atoms with van der Waals surface area (Å²) in [5, 5.41) is 7.89. The van der Waals surface area contributed by atoms with Crippen LogP contribution < -0.4 is 5.32 Å². The highest BCUT2D eigenvalue weighted by molar-refractivity contribution is 5.26. The van der Waals surface area contributed by atoms with Crippen LogP contribution in [0.4, 0.5) is 0 Å². The van der Waals surface area contributed by atoms with Crippen LogP contribution in [0.25, 0.3) is 0 Å². The average Bonchev–Trinajstić information content (AvgIpc) is 2.80. The number of nitrogens with zero attached hydrogens (tertiary/aromatic N) is 3. The van der Waals surface area contributed by atoms with Crippen LogP contribution in [0.5, 0.6) is 0 Å². The molecule has 3 rings (SSSR count). The van der Waals surface area contributed by atoms with E-state index in [1.54, 1.807) is 11.0 Å². The van der Waals surface area contributed by atoms with Gasteiger partial charge in [0.25, 0.3) is 0 Å². The molecule has 0 amide bonds. The van der Waals surface area contributed by atoms with Gasteiger partial charge >= 0.3 is 0 Å². The Morgan fingerprint density at radius 2 is 2.00 bits per heavy atom. The van der Waals surface area contributed by atoms with Gasteiger partial charge in [-0.05, 0) is 31.2 Å². The monoisotopic (exact) mass is 270 g/mol. The van der Waals surface area contributed by atoms with Crippen LogP contribution in [0.15, 0.2) is 30.6 Å². The highest BCUT2D eigenvalue weighted by Gasteiger charge is 2.29. The van der Waals surface area contributed by atoms with Crippen molar-refractivity contribution in [3.63, 3.8) is 0 Å². The van der Waals surface area contributed by atoms with Crippen molar-refractivity contribution < 1.29 is 0 Å². The van der Waals surface area contributed by atoms with Crippen molar-refractivity contribution in [1.82, 2.24) is 20.1 Å². The van der Waals surface area contributed by atoms with Gasteiger partial charge < -0.3 is 5.32 Å². The van der Waals surface area contributed by atoms with E-state index >= 15 is 0 Å². The molecule has 1 aromatic carbocycles. The third-order valence-corrected chi connectivity index (χ3v) is 4.12. The number of rotatable bonds is 5. The first-order chi connectivity index (χ1) is 9.70. The zero-order valence-corrected chi connectivity index (χ0v) is 12.2. The fourth-order valence-electron chi connectivity index (χ4n) is 2.78. The number of hydrogen-bond donors (Lipinski definition) is 1. The second kappa shape index (κ2) is 5.75. The quantitative estimate of drug-likeness (QED) is 0.905. The van der Waals surface area contributed by atoms with E-state index in [-0.39, 0.29) is 0 Å². The summed E-state index contributed by atoms with van der Waals surface area (Å²) in [7, 11) is 1.90. The third kappa shape index (κ3) is 3.07. The molecule has 106 valence electrons. The molecule has 20 heavy (non-hydrogen) atoms. The fourth-order valence-corrected chi connectivity index (χ4v) is 2.78. The molecule has 1 saturated carbocycles. The number of nitrogens with one attached hydrogen (secondary N) is 1. The van der Waals surface area contributed by atoms with Crippen LogP contribution in [0, 0.1) is 6.92 Å². The van der Waals surface area contributed by atoms with E-state index in [9.17, 15) is 0 Å². The maximum atomic E-state index is 4.29. The van der Waals surface area contributed by atoms with Gasteiger partial charge in [0, 0.05) is 26.1 Å².